The smallest absolute Gasteiger partial charge is 0.102 e. The molecule has 0 amide bonds. The molecule has 0 fully saturated rings. The zero-order valence-corrected chi connectivity index (χ0v) is 9.90. The van der Waals surface area contributed by atoms with Gasteiger partial charge in [-0.3, -0.25) is 0 Å². The highest BCUT2D eigenvalue weighted by atomic mass is 16.5. The summed E-state index contributed by atoms with van der Waals surface area (Å²) in [5.41, 5.74) is 3.96. The third kappa shape index (κ3) is 2.52. The molecule has 1 atom stereocenters. The lowest BCUT2D eigenvalue weighted by atomic mass is 9.87. The monoisotopic (exact) mass is 218 g/mol. The van der Waals surface area contributed by atoms with Crippen molar-refractivity contribution in [2.24, 2.45) is 0 Å². The van der Waals surface area contributed by atoms with Gasteiger partial charge in [0, 0.05) is 7.11 Å². The van der Waals surface area contributed by atoms with Crippen molar-refractivity contribution in [3.63, 3.8) is 0 Å². The number of ether oxygens (including phenoxy) is 2. The van der Waals surface area contributed by atoms with Crippen LogP contribution < -0.4 is 0 Å². The van der Waals surface area contributed by atoms with Gasteiger partial charge in [0.05, 0.1) is 13.2 Å². The summed E-state index contributed by atoms with van der Waals surface area (Å²) in [6, 6.07) is 0. The molecule has 2 aliphatic carbocycles. The third-order valence-electron chi connectivity index (χ3n) is 2.83. The molecule has 0 spiro atoms. The molecule has 2 heteroatoms. The van der Waals surface area contributed by atoms with E-state index in [9.17, 15) is 0 Å². The van der Waals surface area contributed by atoms with Crippen LogP contribution >= 0.6 is 0 Å². The molecule has 0 N–H and O–H groups in total. The van der Waals surface area contributed by atoms with E-state index in [4.69, 9.17) is 9.47 Å². The van der Waals surface area contributed by atoms with E-state index in [1.165, 1.54) is 16.7 Å². The zero-order chi connectivity index (χ0) is 11.4. The maximum Gasteiger partial charge on any atom is 0.102 e. The second kappa shape index (κ2) is 5.28. The quantitative estimate of drug-likeness (QED) is 0.675. The lowest BCUT2D eigenvalue weighted by Crippen LogP contribution is -2.21. The predicted molar refractivity (Wildman–Crippen MR) is 65.3 cm³/mol. The first-order valence-electron chi connectivity index (χ1n) is 5.68. The van der Waals surface area contributed by atoms with Crippen LogP contribution in [0.4, 0.5) is 0 Å². The van der Waals surface area contributed by atoms with Gasteiger partial charge in [-0.2, -0.15) is 0 Å². The van der Waals surface area contributed by atoms with Crippen LogP contribution in [0.1, 0.15) is 13.3 Å². The van der Waals surface area contributed by atoms with Crippen molar-refractivity contribution in [1.82, 2.24) is 0 Å². The van der Waals surface area contributed by atoms with E-state index in [-0.39, 0.29) is 6.10 Å². The minimum atomic E-state index is 0.0973. The van der Waals surface area contributed by atoms with Crippen molar-refractivity contribution in [2.75, 3.05) is 20.3 Å². The Kier molecular flexibility index (Phi) is 3.75. The van der Waals surface area contributed by atoms with Gasteiger partial charge in [-0.15, -0.1) is 0 Å². The van der Waals surface area contributed by atoms with Crippen LogP contribution in [-0.2, 0) is 9.47 Å². The molecule has 0 heterocycles. The summed E-state index contributed by atoms with van der Waals surface area (Å²) in [5.74, 6) is 0. The highest BCUT2D eigenvalue weighted by Crippen LogP contribution is 2.30. The Bertz CT molecular complexity index is 372. The molecule has 0 aliphatic heterocycles. The molecular formula is C14H18O2. The van der Waals surface area contributed by atoms with Crippen LogP contribution in [0, 0.1) is 0 Å². The van der Waals surface area contributed by atoms with Crippen molar-refractivity contribution in [3.05, 3.63) is 47.1 Å². The number of allylic oxidation sites excluding steroid dienone is 5. The lowest BCUT2D eigenvalue weighted by molar-refractivity contribution is 0.0542. The molecule has 0 aromatic carbocycles. The lowest BCUT2D eigenvalue weighted by Gasteiger charge is -2.25. The average molecular weight is 218 g/mol. The van der Waals surface area contributed by atoms with Crippen molar-refractivity contribution in [2.45, 2.75) is 19.4 Å². The van der Waals surface area contributed by atoms with E-state index in [2.05, 4.69) is 37.3 Å². The number of hydrogen-bond donors (Lipinski definition) is 0. The summed E-state index contributed by atoms with van der Waals surface area (Å²) < 4.78 is 10.8. The summed E-state index contributed by atoms with van der Waals surface area (Å²) in [5, 5.41) is 0. The van der Waals surface area contributed by atoms with Gasteiger partial charge in [0.15, 0.2) is 0 Å². The first-order chi connectivity index (χ1) is 7.81. The molecule has 16 heavy (non-hydrogen) atoms. The summed E-state index contributed by atoms with van der Waals surface area (Å²) in [6.07, 6.45) is 12.0. The zero-order valence-electron chi connectivity index (χ0n) is 9.90. The Labute approximate surface area is 96.9 Å². The van der Waals surface area contributed by atoms with Crippen molar-refractivity contribution >= 4 is 0 Å². The van der Waals surface area contributed by atoms with E-state index >= 15 is 0 Å². The minimum Gasteiger partial charge on any atom is -0.382 e. The second-order valence-corrected chi connectivity index (χ2v) is 4.12. The van der Waals surface area contributed by atoms with Crippen molar-refractivity contribution in [1.29, 1.82) is 0 Å². The molecular weight excluding hydrogens is 200 g/mol. The molecule has 2 nitrogen and oxygen atoms in total. The Hall–Kier alpha value is -1.12. The topological polar surface area (TPSA) is 18.5 Å². The minimum absolute atomic E-state index is 0.0973. The fraction of sp³-hybridized carbons (Fsp3) is 0.429. The van der Waals surface area contributed by atoms with E-state index in [0.29, 0.717) is 13.2 Å². The van der Waals surface area contributed by atoms with E-state index in [1.54, 1.807) is 7.11 Å². The molecule has 1 unspecified atom stereocenters. The molecule has 2 rings (SSSR count). The van der Waals surface area contributed by atoms with Gasteiger partial charge >= 0.3 is 0 Å². The SMILES string of the molecule is COCCOC1C=C(C)C=C2CC=CC=C21. The summed E-state index contributed by atoms with van der Waals surface area (Å²) >= 11 is 0. The van der Waals surface area contributed by atoms with Crippen LogP contribution in [0.3, 0.4) is 0 Å². The maximum absolute atomic E-state index is 5.82. The van der Waals surface area contributed by atoms with Crippen LogP contribution in [0.15, 0.2) is 47.1 Å². The molecule has 0 aromatic heterocycles. The van der Waals surface area contributed by atoms with Crippen LogP contribution in [0.2, 0.25) is 0 Å². The molecule has 0 saturated carbocycles. The highest BCUT2D eigenvalue weighted by Gasteiger charge is 2.20. The van der Waals surface area contributed by atoms with Gasteiger partial charge in [-0.25, -0.2) is 0 Å². The molecule has 0 saturated heterocycles. The van der Waals surface area contributed by atoms with Crippen LogP contribution in [-0.4, -0.2) is 26.4 Å². The first kappa shape index (κ1) is 11.4. The van der Waals surface area contributed by atoms with Crippen molar-refractivity contribution in [3.8, 4) is 0 Å². The molecule has 0 radical (unpaired) electrons. The Morgan fingerprint density at radius 3 is 3.06 bits per heavy atom. The largest absolute Gasteiger partial charge is 0.382 e. The molecule has 2 aliphatic rings. The summed E-state index contributed by atoms with van der Waals surface area (Å²) in [7, 11) is 1.69. The van der Waals surface area contributed by atoms with Crippen LogP contribution in [0.25, 0.3) is 0 Å². The van der Waals surface area contributed by atoms with Gasteiger partial charge in [0.1, 0.15) is 6.10 Å². The first-order valence-corrected chi connectivity index (χ1v) is 5.68. The third-order valence-corrected chi connectivity index (χ3v) is 2.83. The average Bonchev–Trinajstić information content (AvgIpc) is 2.29. The van der Waals surface area contributed by atoms with Gasteiger partial charge in [0.25, 0.3) is 0 Å². The summed E-state index contributed by atoms with van der Waals surface area (Å²) in [4.78, 5) is 0. The van der Waals surface area contributed by atoms with Gasteiger partial charge in [0.2, 0.25) is 0 Å². The highest BCUT2D eigenvalue weighted by molar-refractivity contribution is 5.50. The molecule has 0 aromatic rings. The second-order valence-electron chi connectivity index (χ2n) is 4.12. The fourth-order valence-electron chi connectivity index (χ4n) is 2.06. The fourth-order valence-corrected chi connectivity index (χ4v) is 2.06. The Morgan fingerprint density at radius 1 is 1.38 bits per heavy atom. The van der Waals surface area contributed by atoms with Gasteiger partial charge in [-0.05, 0) is 30.6 Å². The molecule has 0 bridgehead atoms. The van der Waals surface area contributed by atoms with E-state index in [0.717, 1.165) is 6.42 Å². The number of hydrogen-bond acceptors (Lipinski definition) is 2. The normalized spacial score (nSPS) is 23.4. The Balaban J connectivity index is 2.08. The van der Waals surface area contributed by atoms with Gasteiger partial charge < -0.3 is 9.47 Å². The van der Waals surface area contributed by atoms with E-state index in [1.807, 2.05) is 0 Å². The van der Waals surface area contributed by atoms with Crippen molar-refractivity contribution < 1.29 is 9.47 Å². The standard InChI is InChI=1S/C14H18O2/c1-11-9-12-5-3-4-6-13(12)14(10-11)16-8-7-15-2/h3-4,6,9-10,14H,5,7-8H2,1-2H3. The summed E-state index contributed by atoms with van der Waals surface area (Å²) in [6.45, 7) is 3.40. The number of methoxy groups -OCH3 is 1. The maximum atomic E-state index is 5.82. The molecule has 86 valence electrons. The number of fused-ring (bicyclic) bond motifs is 1. The number of rotatable bonds is 4. The Morgan fingerprint density at radius 2 is 2.25 bits per heavy atom. The van der Waals surface area contributed by atoms with Gasteiger partial charge in [-0.1, -0.05) is 29.9 Å². The van der Waals surface area contributed by atoms with E-state index < -0.39 is 0 Å². The predicted octanol–water partition coefficient (Wildman–Crippen LogP) is 2.79. The van der Waals surface area contributed by atoms with Crippen LogP contribution in [0.5, 0.6) is 0 Å².